The molecule has 0 saturated heterocycles. The van der Waals surface area contributed by atoms with Gasteiger partial charge >= 0.3 is 0 Å². The number of benzene rings is 1. The van der Waals surface area contributed by atoms with Gasteiger partial charge in [-0.05, 0) is 25.1 Å². The number of nitrogens with one attached hydrogen (secondary N) is 1. The number of hydrogen-bond donors (Lipinski definition) is 2. The fraction of sp³-hybridized carbons (Fsp3) is 0.100. The normalized spacial score (nSPS) is 10.5. The molecule has 5 heteroatoms. The topological polar surface area (TPSA) is 58.0 Å². The lowest BCUT2D eigenvalue weighted by Gasteiger charge is -2.02. The zero-order valence-electron chi connectivity index (χ0n) is 8.10. The summed E-state index contributed by atoms with van der Waals surface area (Å²) in [4.78, 5) is 12.2. The van der Waals surface area contributed by atoms with E-state index in [0.29, 0.717) is 22.6 Å². The third-order valence-electron chi connectivity index (χ3n) is 2.03. The number of nitrogens with zero attached hydrogens (tertiary/aromatic N) is 1. The molecule has 2 aromatic rings. The van der Waals surface area contributed by atoms with Crippen LogP contribution in [0.5, 0.6) is 0 Å². The Bertz CT molecular complexity index is 530. The van der Waals surface area contributed by atoms with Crippen LogP contribution in [-0.4, -0.2) is 14.3 Å². The number of aromatic nitrogens is 2. The van der Waals surface area contributed by atoms with Crippen LogP contribution >= 0.6 is 12.0 Å². The summed E-state index contributed by atoms with van der Waals surface area (Å²) in [7, 11) is 0. The molecule has 0 saturated carbocycles. The van der Waals surface area contributed by atoms with Crippen LogP contribution in [0, 0.1) is 6.92 Å². The molecule has 0 fully saturated rings. The Morgan fingerprint density at radius 1 is 1.40 bits per heavy atom. The van der Waals surface area contributed by atoms with E-state index in [4.69, 9.17) is 4.55 Å². The van der Waals surface area contributed by atoms with Gasteiger partial charge in [-0.1, -0.05) is 6.07 Å². The molecule has 0 aliphatic rings. The molecule has 0 bridgehead atoms. The maximum absolute atomic E-state index is 11.5. The zero-order chi connectivity index (χ0) is 10.8. The van der Waals surface area contributed by atoms with Crippen molar-refractivity contribution in [2.45, 2.75) is 11.8 Å². The lowest BCUT2D eigenvalue weighted by Crippen LogP contribution is -2.13. The van der Waals surface area contributed by atoms with Gasteiger partial charge in [-0.15, -0.1) is 0 Å². The lowest BCUT2D eigenvalue weighted by molar-refractivity contribution is 0.663. The van der Waals surface area contributed by atoms with Gasteiger partial charge in [-0.2, -0.15) is 0 Å². The van der Waals surface area contributed by atoms with Crippen molar-refractivity contribution < 1.29 is 4.55 Å². The van der Waals surface area contributed by atoms with E-state index in [1.165, 1.54) is 10.7 Å². The third-order valence-corrected chi connectivity index (χ3v) is 2.49. The second kappa shape index (κ2) is 3.96. The van der Waals surface area contributed by atoms with Crippen molar-refractivity contribution in [2.24, 2.45) is 0 Å². The van der Waals surface area contributed by atoms with Crippen LogP contribution in [0.3, 0.4) is 0 Å². The van der Waals surface area contributed by atoms with Crippen LogP contribution in [0.4, 0.5) is 0 Å². The largest absolute Gasteiger partial charge is 0.325 e. The standard InChI is InChI=1S/C10H10N2O2S/c1-7-5-10(13)12(11-7)8-3-2-4-9(6-8)15-14/h2-6,11,14H,1H3. The maximum atomic E-state index is 11.5. The van der Waals surface area contributed by atoms with Gasteiger partial charge in [0, 0.05) is 28.7 Å². The number of aromatic amines is 1. The Morgan fingerprint density at radius 2 is 2.20 bits per heavy atom. The van der Waals surface area contributed by atoms with Gasteiger partial charge in [0.05, 0.1) is 5.69 Å². The van der Waals surface area contributed by atoms with Gasteiger partial charge in [-0.3, -0.25) is 9.89 Å². The fourth-order valence-corrected chi connectivity index (χ4v) is 1.70. The van der Waals surface area contributed by atoms with E-state index >= 15 is 0 Å². The van der Waals surface area contributed by atoms with Crippen molar-refractivity contribution in [3.8, 4) is 5.69 Å². The van der Waals surface area contributed by atoms with Crippen LogP contribution in [0.15, 0.2) is 40.0 Å². The molecule has 1 aromatic carbocycles. The summed E-state index contributed by atoms with van der Waals surface area (Å²) in [6.45, 7) is 1.82. The van der Waals surface area contributed by atoms with Crippen molar-refractivity contribution in [3.63, 3.8) is 0 Å². The molecule has 2 N–H and O–H groups in total. The fourth-order valence-electron chi connectivity index (χ4n) is 1.38. The van der Waals surface area contributed by atoms with Crippen molar-refractivity contribution in [1.82, 2.24) is 9.78 Å². The van der Waals surface area contributed by atoms with E-state index in [1.807, 2.05) is 6.92 Å². The molecule has 78 valence electrons. The molecular weight excluding hydrogens is 212 g/mol. The lowest BCUT2D eigenvalue weighted by atomic mass is 10.3. The first-order chi connectivity index (χ1) is 7.20. The molecule has 4 nitrogen and oxygen atoms in total. The third kappa shape index (κ3) is 1.98. The summed E-state index contributed by atoms with van der Waals surface area (Å²) in [5.74, 6) is 0. The number of H-pyrrole nitrogens is 1. The monoisotopic (exact) mass is 222 g/mol. The van der Waals surface area contributed by atoms with Crippen LogP contribution in [0.25, 0.3) is 5.69 Å². The first-order valence-corrected chi connectivity index (χ1v) is 5.18. The molecule has 0 aliphatic carbocycles. The van der Waals surface area contributed by atoms with Crippen molar-refractivity contribution in [2.75, 3.05) is 0 Å². The van der Waals surface area contributed by atoms with E-state index in [-0.39, 0.29) is 5.56 Å². The molecular formula is C10H10N2O2S. The van der Waals surface area contributed by atoms with Gasteiger partial charge in [0.1, 0.15) is 0 Å². The van der Waals surface area contributed by atoms with Crippen LogP contribution in [0.2, 0.25) is 0 Å². The van der Waals surface area contributed by atoms with Gasteiger partial charge in [0.25, 0.3) is 5.56 Å². The minimum absolute atomic E-state index is 0.104. The quantitative estimate of drug-likeness (QED) is 0.764. The predicted molar refractivity (Wildman–Crippen MR) is 59.6 cm³/mol. The minimum Gasteiger partial charge on any atom is -0.325 e. The van der Waals surface area contributed by atoms with Crippen molar-refractivity contribution in [1.29, 1.82) is 0 Å². The zero-order valence-corrected chi connectivity index (χ0v) is 8.91. The average Bonchev–Trinajstić information content (AvgIpc) is 2.58. The Labute approximate surface area is 90.7 Å². The van der Waals surface area contributed by atoms with E-state index in [1.54, 1.807) is 24.3 Å². The van der Waals surface area contributed by atoms with E-state index < -0.39 is 0 Å². The average molecular weight is 222 g/mol. The van der Waals surface area contributed by atoms with E-state index in [9.17, 15) is 4.79 Å². The van der Waals surface area contributed by atoms with E-state index in [0.717, 1.165) is 5.69 Å². The highest BCUT2D eigenvalue weighted by molar-refractivity contribution is 7.93. The molecule has 0 atom stereocenters. The first-order valence-electron chi connectivity index (χ1n) is 4.41. The van der Waals surface area contributed by atoms with Gasteiger partial charge in [0.15, 0.2) is 0 Å². The van der Waals surface area contributed by atoms with Crippen LogP contribution < -0.4 is 5.56 Å². The molecule has 2 rings (SSSR count). The predicted octanol–water partition coefficient (Wildman–Crippen LogP) is 2.04. The van der Waals surface area contributed by atoms with Crippen molar-refractivity contribution in [3.05, 3.63) is 46.4 Å². The smallest absolute Gasteiger partial charge is 0.271 e. The summed E-state index contributed by atoms with van der Waals surface area (Å²) in [6, 6.07) is 8.63. The molecule has 1 heterocycles. The van der Waals surface area contributed by atoms with Gasteiger partial charge < -0.3 is 4.55 Å². The summed E-state index contributed by atoms with van der Waals surface area (Å²) in [5.41, 5.74) is 1.42. The van der Waals surface area contributed by atoms with Crippen LogP contribution in [-0.2, 0) is 0 Å². The highest BCUT2D eigenvalue weighted by Crippen LogP contribution is 2.16. The summed E-state index contributed by atoms with van der Waals surface area (Å²) in [5, 5.41) is 2.93. The highest BCUT2D eigenvalue weighted by Gasteiger charge is 2.03. The summed E-state index contributed by atoms with van der Waals surface area (Å²) >= 11 is 0.661. The van der Waals surface area contributed by atoms with Gasteiger partial charge in [-0.25, -0.2) is 4.68 Å². The highest BCUT2D eigenvalue weighted by atomic mass is 32.2. The number of aryl methyl sites for hydroxylation is 1. The molecule has 1 aromatic heterocycles. The molecule has 15 heavy (non-hydrogen) atoms. The molecule has 0 unspecified atom stereocenters. The van der Waals surface area contributed by atoms with Gasteiger partial charge in [0.2, 0.25) is 0 Å². The Morgan fingerprint density at radius 3 is 2.80 bits per heavy atom. The Hall–Kier alpha value is -1.46. The summed E-state index contributed by atoms with van der Waals surface area (Å²) in [6.07, 6.45) is 0. The molecule has 0 radical (unpaired) electrons. The van der Waals surface area contributed by atoms with Crippen molar-refractivity contribution >= 4 is 12.0 Å². The molecule has 0 aliphatic heterocycles. The number of hydrogen-bond acceptors (Lipinski definition) is 3. The second-order valence-electron chi connectivity index (χ2n) is 3.20. The Balaban J connectivity index is 2.53. The minimum atomic E-state index is -0.104. The van der Waals surface area contributed by atoms with Crippen LogP contribution in [0.1, 0.15) is 5.69 Å². The first kappa shape index (κ1) is 10.1. The second-order valence-corrected chi connectivity index (χ2v) is 3.86. The Kier molecular flexibility index (Phi) is 2.66. The molecule has 0 amide bonds. The number of rotatable bonds is 2. The van der Waals surface area contributed by atoms with E-state index in [2.05, 4.69) is 5.10 Å². The maximum Gasteiger partial charge on any atom is 0.271 e. The summed E-state index contributed by atoms with van der Waals surface area (Å²) < 4.78 is 10.3. The SMILES string of the molecule is Cc1cc(=O)n(-c2cccc(SO)c2)[nH]1. The molecule has 0 spiro atoms.